The van der Waals surface area contributed by atoms with Crippen molar-refractivity contribution in [2.75, 3.05) is 13.6 Å². The van der Waals surface area contributed by atoms with Crippen LogP contribution in [0.15, 0.2) is 0 Å². The molecule has 0 radical (unpaired) electrons. The molecule has 0 aromatic carbocycles. The van der Waals surface area contributed by atoms with Crippen LogP contribution in [0.25, 0.3) is 0 Å². The summed E-state index contributed by atoms with van der Waals surface area (Å²) in [5.41, 5.74) is 6.75. The highest BCUT2D eigenvalue weighted by Crippen LogP contribution is 2.38. The fourth-order valence-electron chi connectivity index (χ4n) is 3.04. The van der Waals surface area contributed by atoms with Crippen molar-refractivity contribution >= 4 is 0 Å². The minimum absolute atomic E-state index is 0.354. The molecule has 0 aliphatic heterocycles. The van der Waals surface area contributed by atoms with Crippen molar-refractivity contribution in [3.8, 4) is 0 Å². The SMILES string of the molecule is CN(CC1CCCC(C)(C)C1N)C1CC1. The minimum atomic E-state index is 0.354. The van der Waals surface area contributed by atoms with Crippen molar-refractivity contribution in [2.24, 2.45) is 17.1 Å². The number of nitrogens with zero attached hydrogens (tertiary/aromatic N) is 1. The fraction of sp³-hybridized carbons (Fsp3) is 1.00. The summed E-state index contributed by atoms with van der Waals surface area (Å²) in [6, 6.07) is 1.27. The minimum Gasteiger partial charge on any atom is -0.327 e. The lowest BCUT2D eigenvalue weighted by atomic mass is 9.68. The van der Waals surface area contributed by atoms with Crippen LogP contribution in [-0.2, 0) is 0 Å². The Morgan fingerprint density at radius 3 is 2.53 bits per heavy atom. The van der Waals surface area contributed by atoms with E-state index in [0.717, 1.165) is 12.0 Å². The Morgan fingerprint density at radius 2 is 1.93 bits per heavy atom. The van der Waals surface area contributed by atoms with E-state index in [-0.39, 0.29) is 0 Å². The third kappa shape index (κ3) is 2.54. The molecular formula is C13H26N2. The molecule has 2 unspecified atom stereocenters. The maximum Gasteiger partial charge on any atom is 0.0131 e. The van der Waals surface area contributed by atoms with Gasteiger partial charge in [0.1, 0.15) is 0 Å². The van der Waals surface area contributed by atoms with E-state index in [1.807, 2.05) is 0 Å². The predicted octanol–water partition coefficient (Wildman–Crippen LogP) is 2.23. The maximum atomic E-state index is 6.40. The Labute approximate surface area is 94.2 Å². The molecule has 2 atom stereocenters. The molecule has 2 aliphatic rings. The summed E-state index contributed by atoms with van der Waals surface area (Å²) in [5.74, 6) is 0.722. The van der Waals surface area contributed by atoms with Crippen LogP contribution in [0.2, 0.25) is 0 Å². The van der Waals surface area contributed by atoms with E-state index in [0.29, 0.717) is 11.5 Å². The van der Waals surface area contributed by atoms with Crippen LogP contribution >= 0.6 is 0 Å². The molecule has 2 N–H and O–H groups in total. The summed E-state index contributed by atoms with van der Waals surface area (Å²) in [6.07, 6.45) is 6.81. The third-order valence-corrected chi connectivity index (χ3v) is 4.50. The molecule has 2 nitrogen and oxygen atoms in total. The number of nitrogens with two attached hydrogens (primary N) is 1. The number of hydrogen-bond acceptors (Lipinski definition) is 2. The molecule has 2 aliphatic carbocycles. The summed E-state index contributed by atoms with van der Waals surface area (Å²) in [5, 5.41) is 0. The van der Waals surface area contributed by atoms with Crippen molar-refractivity contribution in [3.63, 3.8) is 0 Å². The van der Waals surface area contributed by atoms with Gasteiger partial charge >= 0.3 is 0 Å². The standard InChI is InChI=1S/C13H26N2/c1-13(2)8-4-5-10(12(13)14)9-15(3)11-6-7-11/h10-12H,4-9,14H2,1-3H3. The van der Waals surface area contributed by atoms with Gasteiger partial charge in [0.2, 0.25) is 0 Å². The Hall–Kier alpha value is -0.0800. The highest BCUT2D eigenvalue weighted by molar-refractivity contribution is 4.93. The van der Waals surface area contributed by atoms with Crippen LogP contribution in [0, 0.1) is 11.3 Å². The summed E-state index contributed by atoms with van der Waals surface area (Å²) >= 11 is 0. The molecule has 0 saturated heterocycles. The van der Waals surface area contributed by atoms with Gasteiger partial charge in [-0.15, -0.1) is 0 Å². The van der Waals surface area contributed by atoms with Crippen LogP contribution < -0.4 is 5.73 Å². The molecule has 2 saturated carbocycles. The molecule has 2 fully saturated rings. The van der Waals surface area contributed by atoms with Crippen LogP contribution in [0.1, 0.15) is 46.0 Å². The molecule has 0 aromatic rings. The molecule has 2 rings (SSSR count). The van der Waals surface area contributed by atoms with Crippen molar-refractivity contribution in [1.82, 2.24) is 4.90 Å². The number of rotatable bonds is 3. The second-order valence-electron chi connectivity index (χ2n) is 6.34. The quantitative estimate of drug-likeness (QED) is 0.774. The molecule has 88 valence electrons. The van der Waals surface area contributed by atoms with Crippen molar-refractivity contribution < 1.29 is 0 Å². The van der Waals surface area contributed by atoms with Crippen LogP contribution in [0.3, 0.4) is 0 Å². The molecule has 2 heteroatoms. The van der Waals surface area contributed by atoms with Crippen LogP contribution in [-0.4, -0.2) is 30.6 Å². The van der Waals surface area contributed by atoms with Gasteiger partial charge in [-0.05, 0) is 44.1 Å². The second-order valence-corrected chi connectivity index (χ2v) is 6.34. The first-order chi connectivity index (χ1) is 7.00. The van der Waals surface area contributed by atoms with Crippen molar-refractivity contribution in [1.29, 1.82) is 0 Å². The Balaban J connectivity index is 1.90. The normalized spacial score (nSPS) is 35.8. The number of hydrogen-bond donors (Lipinski definition) is 1. The van der Waals surface area contributed by atoms with Gasteiger partial charge < -0.3 is 10.6 Å². The summed E-state index contributed by atoms with van der Waals surface area (Å²) in [7, 11) is 2.27. The Kier molecular flexibility index (Phi) is 3.09. The Bertz CT molecular complexity index is 221. The van der Waals surface area contributed by atoms with E-state index in [1.165, 1.54) is 38.6 Å². The fourth-order valence-corrected chi connectivity index (χ4v) is 3.04. The van der Waals surface area contributed by atoms with E-state index < -0.39 is 0 Å². The lowest BCUT2D eigenvalue weighted by Crippen LogP contribution is -2.50. The van der Waals surface area contributed by atoms with Gasteiger partial charge in [-0.25, -0.2) is 0 Å². The molecule has 0 heterocycles. The van der Waals surface area contributed by atoms with Gasteiger partial charge in [-0.1, -0.05) is 20.3 Å². The zero-order valence-electron chi connectivity index (χ0n) is 10.5. The van der Waals surface area contributed by atoms with E-state index in [1.54, 1.807) is 0 Å². The van der Waals surface area contributed by atoms with Gasteiger partial charge in [0, 0.05) is 18.6 Å². The topological polar surface area (TPSA) is 29.3 Å². The molecule has 0 spiro atoms. The van der Waals surface area contributed by atoms with E-state index in [9.17, 15) is 0 Å². The highest BCUT2D eigenvalue weighted by atomic mass is 15.2. The largest absolute Gasteiger partial charge is 0.327 e. The van der Waals surface area contributed by atoms with Crippen LogP contribution in [0.4, 0.5) is 0 Å². The first kappa shape index (κ1) is 11.4. The van der Waals surface area contributed by atoms with Gasteiger partial charge in [-0.3, -0.25) is 0 Å². The average Bonchev–Trinajstić information content (AvgIpc) is 2.95. The summed E-state index contributed by atoms with van der Waals surface area (Å²) in [4.78, 5) is 2.53. The predicted molar refractivity (Wildman–Crippen MR) is 64.7 cm³/mol. The second kappa shape index (κ2) is 4.06. The van der Waals surface area contributed by atoms with E-state index in [4.69, 9.17) is 5.73 Å². The van der Waals surface area contributed by atoms with Gasteiger partial charge in [0.05, 0.1) is 0 Å². The van der Waals surface area contributed by atoms with Gasteiger partial charge in [0.25, 0.3) is 0 Å². The monoisotopic (exact) mass is 210 g/mol. The highest BCUT2D eigenvalue weighted by Gasteiger charge is 2.38. The van der Waals surface area contributed by atoms with Crippen molar-refractivity contribution in [2.45, 2.75) is 58.0 Å². The molecule has 0 bridgehead atoms. The van der Waals surface area contributed by atoms with Gasteiger partial charge in [0.15, 0.2) is 0 Å². The third-order valence-electron chi connectivity index (χ3n) is 4.50. The van der Waals surface area contributed by atoms with Crippen molar-refractivity contribution in [3.05, 3.63) is 0 Å². The molecule has 0 aromatic heterocycles. The summed E-state index contributed by atoms with van der Waals surface area (Å²) in [6.45, 7) is 5.89. The molecule has 15 heavy (non-hydrogen) atoms. The molecule has 0 amide bonds. The molecular weight excluding hydrogens is 184 g/mol. The smallest absolute Gasteiger partial charge is 0.0131 e. The van der Waals surface area contributed by atoms with E-state index in [2.05, 4.69) is 25.8 Å². The lowest BCUT2D eigenvalue weighted by Gasteiger charge is -2.43. The maximum absolute atomic E-state index is 6.40. The first-order valence-electron chi connectivity index (χ1n) is 6.46. The Morgan fingerprint density at radius 1 is 1.27 bits per heavy atom. The average molecular weight is 210 g/mol. The zero-order chi connectivity index (χ0) is 11.1. The van der Waals surface area contributed by atoms with E-state index >= 15 is 0 Å². The first-order valence-corrected chi connectivity index (χ1v) is 6.46. The van der Waals surface area contributed by atoms with Crippen LogP contribution in [0.5, 0.6) is 0 Å². The zero-order valence-corrected chi connectivity index (χ0v) is 10.5. The summed E-state index contributed by atoms with van der Waals surface area (Å²) < 4.78 is 0. The van der Waals surface area contributed by atoms with Gasteiger partial charge in [-0.2, -0.15) is 0 Å². The lowest BCUT2D eigenvalue weighted by molar-refractivity contribution is 0.108.